The highest BCUT2D eigenvalue weighted by molar-refractivity contribution is 5.57. The Morgan fingerprint density at radius 2 is 1.76 bits per heavy atom. The standard InChI is InChI=1S/C16H30N4O/c1-7-12(8-2)20(9-10-21)14-11(3)13(17)18-15(19-14)16(4,5)6/h12,21H,7-10H2,1-6H3,(H2,17,18,19). The average molecular weight is 294 g/mol. The van der Waals surface area contributed by atoms with Gasteiger partial charge in [0.25, 0.3) is 0 Å². The van der Waals surface area contributed by atoms with Crippen LogP contribution in [0.5, 0.6) is 0 Å². The number of nitrogen functional groups attached to an aromatic ring is 1. The Morgan fingerprint density at radius 1 is 1.19 bits per heavy atom. The molecule has 1 aromatic rings. The number of rotatable bonds is 6. The second-order valence-corrected chi connectivity index (χ2v) is 6.52. The summed E-state index contributed by atoms with van der Waals surface area (Å²) in [6, 6.07) is 0.345. The van der Waals surface area contributed by atoms with Crippen LogP contribution in [-0.2, 0) is 5.41 Å². The first-order valence-electron chi connectivity index (χ1n) is 7.78. The van der Waals surface area contributed by atoms with E-state index in [1.54, 1.807) is 0 Å². The first-order valence-corrected chi connectivity index (χ1v) is 7.78. The molecule has 0 aliphatic rings. The van der Waals surface area contributed by atoms with E-state index in [4.69, 9.17) is 10.7 Å². The Morgan fingerprint density at radius 3 is 2.19 bits per heavy atom. The maximum absolute atomic E-state index is 9.41. The number of aliphatic hydroxyl groups is 1. The fourth-order valence-corrected chi connectivity index (χ4v) is 2.44. The normalized spacial score (nSPS) is 12.0. The van der Waals surface area contributed by atoms with E-state index in [9.17, 15) is 5.11 Å². The topological polar surface area (TPSA) is 75.3 Å². The maximum Gasteiger partial charge on any atom is 0.138 e. The lowest BCUT2D eigenvalue weighted by Crippen LogP contribution is -2.38. The molecule has 0 saturated heterocycles. The summed E-state index contributed by atoms with van der Waals surface area (Å²) in [6.45, 7) is 13.2. The van der Waals surface area contributed by atoms with Gasteiger partial charge in [0.2, 0.25) is 0 Å². The molecule has 120 valence electrons. The summed E-state index contributed by atoms with van der Waals surface area (Å²) < 4.78 is 0. The number of nitrogens with zero attached hydrogens (tertiary/aromatic N) is 3. The summed E-state index contributed by atoms with van der Waals surface area (Å²) in [5, 5.41) is 9.41. The van der Waals surface area contributed by atoms with Crippen LogP contribution in [0.4, 0.5) is 11.6 Å². The fraction of sp³-hybridized carbons (Fsp3) is 0.750. The number of hydrogen-bond donors (Lipinski definition) is 2. The van der Waals surface area contributed by atoms with Crippen molar-refractivity contribution in [2.75, 3.05) is 23.8 Å². The number of nitrogens with two attached hydrogens (primary N) is 1. The molecular weight excluding hydrogens is 264 g/mol. The number of aliphatic hydroxyl groups excluding tert-OH is 1. The lowest BCUT2D eigenvalue weighted by atomic mass is 9.95. The van der Waals surface area contributed by atoms with Gasteiger partial charge in [-0.15, -0.1) is 0 Å². The van der Waals surface area contributed by atoms with E-state index in [2.05, 4.69) is 44.5 Å². The van der Waals surface area contributed by atoms with Crippen molar-refractivity contribution in [1.29, 1.82) is 0 Å². The van der Waals surface area contributed by atoms with Crippen LogP contribution in [0.1, 0.15) is 58.8 Å². The molecule has 1 heterocycles. The average Bonchev–Trinajstić information content (AvgIpc) is 2.41. The molecule has 0 radical (unpaired) electrons. The van der Waals surface area contributed by atoms with Gasteiger partial charge in [-0.3, -0.25) is 0 Å². The molecule has 0 amide bonds. The van der Waals surface area contributed by atoms with Crippen molar-refractivity contribution in [2.45, 2.75) is 65.8 Å². The van der Waals surface area contributed by atoms with Crippen LogP contribution < -0.4 is 10.6 Å². The lowest BCUT2D eigenvalue weighted by Gasteiger charge is -2.33. The summed E-state index contributed by atoms with van der Waals surface area (Å²) in [5.41, 5.74) is 6.83. The monoisotopic (exact) mass is 294 g/mol. The highest BCUT2D eigenvalue weighted by Gasteiger charge is 2.25. The van der Waals surface area contributed by atoms with Gasteiger partial charge in [-0.1, -0.05) is 34.6 Å². The SMILES string of the molecule is CCC(CC)N(CCO)c1nc(C(C)(C)C)nc(N)c1C. The zero-order valence-corrected chi connectivity index (χ0v) is 14.3. The van der Waals surface area contributed by atoms with E-state index in [1.807, 2.05) is 6.92 Å². The molecule has 1 rings (SSSR count). The molecule has 1 aromatic heterocycles. The summed E-state index contributed by atoms with van der Waals surface area (Å²) in [4.78, 5) is 11.4. The van der Waals surface area contributed by atoms with Crippen molar-refractivity contribution in [2.24, 2.45) is 0 Å². The van der Waals surface area contributed by atoms with Crippen LogP contribution in [0.25, 0.3) is 0 Å². The van der Waals surface area contributed by atoms with Crippen LogP contribution in [-0.4, -0.2) is 34.3 Å². The van der Waals surface area contributed by atoms with Crippen molar-refractivity contribution >= 4 is 11.6 Å². The lowest BCUT2D eigenvalue weighted by molar-refractivity contribution is 0.295. The van der Waals surface area contributed by atoms with Crippen molar-refractivity contribution in [3.05, 3.63) is 11.4 Å². The largest absolute Gasteiger partial charge is 0.395 e. The van der Waals surface area contributed by atoms with Crippen LogP contribution in [0, 0.1) is 6.92 Å². The minimum atomic E-state index is -0.157. The molecular formula is C16H30N4O. The Hall–Kier alpha value is -1.36. The van der Waals surface area contributed by atoms with Crippen LogP contribution in [0.15, 0.2) is 0 Å². The highest BCUT2D eigenvalue weighted by Crippen LogP contribution is 2.29. The molecule has 21 heavy (non-hydrogen) atoms. The second kappa shape index (κ2) is 7.07. The zero-order chi connectivity index (χ0) is 16.2. The molecule has 0 fully saturated rings. The van der Waals surface area contributed by atoms with Crippen molar-refractivity contribution in [1.82, 2.24) is 9.97 Å². The number of hydrogen-bond acceptors (Lipinski definition) is 5. The fourth-order valence-electron chi connectivity index (χ4n) is 2.44. The summed E-state index contributed by atoms with van der Waals surface area (Å²) in [7, 11) is 0. The molecule has 0 atom stereocenters. The van der Waals surface area contributed by atoms with Gasteiger partial charge in [-0.05, 0) is 19.8 Å². The second-order valence-electron chi connectivity index (χ2n) is 6.52. The zero-order valence-electron chi connectivity index (χ0n) is 14.3. The minimum absolute atomic E-state index is 0.102. The van der Waals surface area contributed by atoms with E-state index in [0.717, 1.165) is 30.0 Å². The third-order valence-corrected chi connectivity index (χ3v) is 3.82. The Kier molecular flexibility index (Phi) is 5.96. The summed E-state index contributed by atoms with van der Waals surface area (Å²) in [5.74, 6) is 2.13. The van der Waals surface area contributed by atoms with Crippen LogP contribution in [0.3, 0.4) is 0 Å². The van der Waals surface area contributed by atoms with Gasteiger partial charge >= 0.3 is 0 Å². The molecule has 0 aliphatic heterocycles. The first-order chi connectivity index (χ1) is 9.76. The number of aromatic nitrogens is 2. The molecule has 5 nitrogen and oxygen atoms in total. The molecule has 0 aliphatic carbocycles. The third kappa shape index (κ3) is 4.06. The van der Waals surface area contributed by atoms with E-state index >= 15 is 0 Å². The Bertz CT molecular complexity index is 464. The van der Waals surface area contributed by atoms with Gasteiger partial charge in [-0.2, -0.15) is 0 Å². The van der Waals surface area contributed by atoms with Gasteiger partial charge in [0.05, 0.1) is 6.61 Å². The molecule has 0 unspecified atom stereocenters. The van der Waals surface area contributed by atoms with Gasteiger partial charge < -0.3 is 15.7 Å². The van der Waals surface area contributed by atoms with Crippen LogP contribution >= 0.6 is 0 Å². The molecule has 0 aromatic carbocycles. The van der Waals surface area contributed by atoms with Gasteiger partial charge in [-0.25, -0.2) is 9.97 Å². The van der Waals surface area contributed by atoms with Gasteiger partial charge in [0.15, 0.2) is 0 Å². The quantitative estimate of drug-likeness (QED) is 0.843. The Balaban J connectivity index is 3.39. The van der Waals surface area contributed by atoms with Crippen LogP contribution in [0.2, 0.25) is 0 Å². The smallest absolute Gasteiger partial charge is 0.138 e. The van der Waals surface area contributed by atoms with E-state index < -0.39 is 0 Å². The molecule has 3 N–H and O–H groups in total. The highest BCUT2D eigenvalue weighted by atomic mass is 16.3. The van der Waals surface area contributed by atoms with E-state index in [0.29, 0.717) is 18.4 Å². The summed E-state index contributed by atoms with van der Waals surface area (Å²) in [6.07, 6.45) is 2.01. The van der Waals surface area contributed by atoms with Crippen molar-refractivity contribution < 1.29 is 5.11 Å². The minimum Gasteiger partial charge on any atom is -0.395 e. The van der Waals surface area contributed by atoms with E-state index in [-0.39, 0.29) is 12.0 Å². The Labute approximate surface area is 128 Å². The van der Waals surface area contributed by atoms with E-state index in [1.165, 1.54) is 0 Å². The van der Waals surface area contributed by atoms with Gasteiger partial charge in [0, 0.05) is 23.6 Å². The van der Waals surface area contributed by atoms with Crippen molar-refractivity contribution in [3.8, 4) is 0 Å². The summed E-state index contributed by atoms with van der Waals surface area (Å²) >= 11 is 0. The maximum atomic E-state index is 9.41. The predicted octanol–water partition coefficient (Wildman–Crippen LogP) is 2.65. The molecule has 5 heteroatoms. The predicted molar refractivity (Wildman–Crippen MR) is 88.7 cm³/mol. The first kappa shape index (κ1) is 17.7. The van der Waals surface area contributed by atoms with Gasteiger partial charge in [0.1, 0.15) is 17.5 Å². The molecule has 0 saturated carbocycles. The third-order valence-electron chi connectivity index (χ3n) is 3.82. The van der Waals surface area contributed by atoms with Crippen molar-refractivity contribution in [3.63, 3.8) is 0 Å². The number of anilines is 2. The molecule has 0 bridgehead atoms. The molecule has 0 spiro atoms.